The Morgan fingerprint density at radius 2 is 1.41 bits per heavy atom. The summed E-state index contributed by atoms with van der Waals surface area (Å²) in [4.78, 5) is 58.1. The van der Waals surface area contributed by atoms with Gasteiger partial charge in [-0.1, -0.05) is 85.7 Å². The van der Waals surface area contributed by atoms with E-state index < -0.39 is 16.9 Å². The molecule has 0 aromatic heterocycles. The molecule has 8 heteroatoms. The number of nitrogens with zero attached hydrogens (tertiary/aromatic N) is 3. The van der Waals surface area contributed by atoms with Gasteiger partial charge in [-0.2, -0.15) is 0 Å². The summed E-state index contributed by atoms with van der Waals surface area (Å²) in [5.74, 6) is -1.09. The third kappa shape index (κ3) is 9.57. The first-order valence-electron chi connectivity index (χ1n) is 14.9. The summed E-state index contributed by atoms with van der Waals surface area (Å²) in [7, 11) is 3.45. The quantitative estimate of drug-likeness (QED) is 0.370. The molecule has 8 nitrogen and oxygen atoms in total. The van der Waals surface area contributed by atoms with Crippen LogP contribution in [0.15, 0.2) is 30.3 Å². The summed E-state index contributed by atoms with van der Waals surface area (Å²) in [5, 5.41) is 3.12. The number of hydrogen-bond acceptors (Lipinski definition) is 4. The Labute approximate surface area is 249 Å². The molecule has 1 N–H and O–H groups in total. The van der Waals surface area contributed by atoms with Crippen molar-refractivity contribution in [1.82, 2.24) is 20.0 Å². The molecule has 0 fully saturated rings. The Balaban J connectivity index is 3.27. The SMILES string of the molecule is CC[C@H](C(=O)N[C@H](C(=O)N(C)[C@H](CN(CC(=O)N(C)C(C)C)C(C)=O)C(C)C)C(C)(C)C)C(C)(C)c1ccccc1. The summed E-state index contributed by atoms with van der Waals surface area (Å²) in [6.45, 7) is 21.4. The van der Waals surface area contributed by atoms with Crippen molar-refractivity contribution < 1.29 is 19.2 Å². The number of rotatable bonds is 13. The number of carbonyl (C=O) groups is 4. The van der Waals surface area contributed by atoms with E-state index in [2.05, 4.69) is 19.2 Å². The van der Waals surface area contributed by atoms with Crippen LogP contribution in [0.4, 0.5) is 0 Å². The number of amides is 4. The molecule has 0 spiro atoms. The highest BCUT2D eigenvalue weighted by molar-refractivity contribution is 5.90. The summed E-state index contributed by atoms with van der Waals surface area (Å²) in [6.07, 6.45) is 0.621. The zero-order valence-corrected chi connectivity index (χ0v) is 27.9. The molecule has 3 atom stereocenters. The molecule has 0 radical (unpaired) electrons. The number of likely N-dealkylation sites (N-methyl/N-ethyl adjacent to an activating group) is 2. The molecule has 232 valence electrons. The second-order valence-electron chi connectivity index (χ2n) is 13.6. The minimum Gasteiger partial charge on any atom is -0.344 e. The van der Waals surface area contributed by atoms with Gasteiger partial charge in [0.05, 0.1) is 12.6 Å². The van der Waals surface area contributed by atoms with Gasteiger partial charge in [0.15, 0.2) is 0 Å². The van der Waals surface area contributed by atoms with Crippen LogP contribution in [0.1, 0.15) is 88.1 Å². The highest BCUT2D eigenvalue weighted by Gasteiger charge is 2.42. The summed E-state index contributed by atoms with van der Waals surface area (Å²) < 4.78 is 0. The van der Waals surface area contributed by atoms with Gasteiger partial charge < -0.3 is 20.0 Å². The Hall–Kier alpha value is -2.90. The van der Waals surface area contributed by atoms with Gasteiger partial charge in [-0.25, -0.2) is 0 Å². The van der Waals surface area contributed by atoms with Crippen molar-refractivity contribution in [2.45, 2.75) is 106 Å². The largest absolute Gasteiger partial charge is 0.344 e. The lowest BCUT2D eigenvalue weighted by molar-refractivity contribution is -0.145. The van der Waals surface area contributed by atoms with E-state index in [0.29, 0.717) is 6.42 Å². The molecule has 4 amide bonds. The van der Waals surface area contributed by atoms with Crippen LogP contribution in [0.25, 0.3) is 0 Å². The smallest absolute Gasteiger partial charge is 0.245 e. The van der Waals surface area contributed by atoms with Crippen LogP contribution < -0.4 is 5.32 Å². The van der Waals surface area contributed by atoms with Crippen LogP contribution in [0.3, 0.4) is 0 Å². The van der Waals surface area contributed by atoms with Gasteiger partial charge in [0, 0.05) is 44.9 Å². The van der Waals surface area contributed by atoms with Crippen LogP contribution in [-0.4, -0.2) is 83.6 Å². The first-order chi connectivity index (χ1) is 18.8. The Bertz CT molecular complexity index is 1030. The average Bonchev–Trinajstić information content (AvgIpc) is 2.87. The summed E-state index contributed by atoms with van der Waals surface area (Å²) in [6, 6.07) is 8.86. The zero-order chi connectivity index (χ0) is 31.9. The molecule has 0 aliphatic carbocycles. The molecule has 41 heavy (non-hydrogen) atoms. The second-order valence-corrected chi connectivity index (χ2v) is 13.6. The van der Waals surface area contributed by atoms with E-state index in [1.807, 2.05) is 85.7 Å². The van der Waals surface area contributed by atoms with E-state index in [4.69, 9.17) is 0 Å². The molecule has 0 aliphatic rings. The standard InChI is InChI=1S/C33H56N4O4/c1-14-26(33(10,11)25-18-16-15-17-19-25)30(40)34-29(32(7,8)9)31(41)36(13)27(22(2)3)20-37(24(6)38)21-28(39)35(12)23(4)5/h15-19,22-23,26-27,29H,14,20-21H2,1-13H3,(H,34,40)/t26-,27-,29-/m1/s1. The Kier molecular flexibility index (Phi) is 13.1. The van der Waals surface area contributed by atoms with Crippen LogP contribution >= 0.6 is 0 Å². The predicted octanol–water partition coefficient (Wildman–Crippen LogP) is 4.72. The minimum absolute atomic E-state index is 0.000421. The second kappa shape index (κ2) is 14.8. The van der Waals surface area contributed by atoms with Crippen molar-refractivity contribution in [2.75, 3.05) is 27.2 Å². The van der Waals surface area contributed by atoms with Crippen LogP contribution in [0.5, 0.6) is 0 Å². The normalized spacial score (nSPS) is 14.3. The molecule has 1 rings (SSSR count). The van der Waals surface area contributed by atoms with Crippen LogP contribution in [0, 0.1) is 17.3 Å². The zero-order valence-electron chi connectivity index (χ0n) is 27.9. The lowest BCUT2D eigenvalue weighted by Crippen LogP contribution is -2.60. The fourth-order valence-electron chi connectivity index (χ4n) is 5.22. The van der Waals surface area contributed by atoms with Gasteiger partial charge in [0.2, 0.25) is 23.6 Å². The molecule has 1 aromatic carbocycles. The molecule has 0 saturated carbocycles. The predicted molar refractivity (Wildman–Crippen MR) is 166 cm³/mol. The maximum atomic E-state index is 14.1. The van der Waals surface area contributed by atoms with Crippen molar-refractivity contribution in [3.63, 3.8) is 0 Å². The maximum Gasteiger partial charge on any atom is 0.245 e. The van der Waals surface area contributed by atoms with E-state index in [0.717, 1.165) is 5.56 Å². The van der Waals surface area contributed by atoms with E-state index >= 15 is 0 Å². The van der Waals surface area contributed by atoms with E-state index in [-0.39, 0.29) is 60.6 Å². The fourth-order valence-corrected chi connectivity index (χ4v) is 5.22. The van der Waals surface area contributed by atoms with Crippen molar-refractivity contribution >= 4 is 23.6 Å². The molecule has 0 heterocycles. The lowest BCUT2D eigenvalue weighted by Gasteiger charge is -2.41. The third-order valence-electron chi connectivity index (χ3n) is 8.47. The first kappa shape index (κ1) is 36.1. The molecular formula is C33H56N4O4. The number of benzene rings is 1. The van der Waals surface area contributed by atoms with Crippen LogP contribution in [0.2, 0.25) is 0 Å². The Morgan fingerprint density at radius 1 is 0.878 bits per heavy atom. The molecule has 0 saturated heterocycles. The van der Waals surface area contributed by atoms with Gasteiger partial charge in [-0.3, -0.25) is 19.2 Å². The highest BCUT2D eigenvalue weighted by Crippen LogP contribution is 2.35. The first-order valence-corrected chi connectivity index (χ1v) is 14.9. The van der Waals surface area contributed by atoms with Gasteiger partial charge in [0.1, 0.15) is 6.04 Å². The summed E-state index contributed by atoms with van der Waals surface area (Å²) >= 11 is 0. The van der Waals surface area contributed by atoms with Crippen molar-refractivity contribution in [2.24, 2.45) is 17.3 Å². The number of hydrogen-bond donors (Lipinski definition) is 1. The topological polar surface area (TPSA) is 90.0 Å². The van der Waals surface area contributed by atoms with E-state index in [1.165, 1.54) is 11.8 Å². The van der Waals surface area contributed by atoms with Crippen LogP contribution in [-0.2, 0) is 24.6 Å². The number of nitrogens with one attached hydrogen (secondary N) is 1. The van der Waals surface area contributed by atoms with Gasteiger partial charge >= 0.3 is 0 Å². The van der Waals surface area contributed by atoms with Gasteiger partial charge in [0.25, 0.3) is 0 Å². The molecule has 0 bridgehead atoms. The van der Waals surface area contributed by atoms with Crippen molar-refractivity contribution in [3.05, 3.63) is 35.9 Å². The highest BCUT2D eigenvalue weighted by atomic mass is 16.2. The van der Waals surface area contributed by atoms with Gasteiger partial charge in [-0.05, 0) is 37.2 Å². The van der Waals surface area contributed by atoms with Crippen molar-refractivity contribution in [1.29, 1.82) is 0 Å². The average molecular weight is 573 g/mol. The lowest BCUT2D eigenvalue weighted by atomic mass is 9.71. The van der Waals surface area contributed by atoms with E-state index in [9.17, 15) is 19.2 Å². The Morgan fingerprint density at radius 3 is 1.83 bits per heavy atom. The molecule has 0 aliphatic heterocycles. The van der Waals surface area contributed by atoms with Crippen molar-refractivity contribution in [3.8, 4) is 0 Å². The minimum atomic E-state index is -0.777. The maximum absolute atomic E-state index is 14.1. The third-order valence-corrected chi connectivity index (χ3v) is 8.47. The molecule has 0 unspecified atom stereocenters. The molecule has 1 aromatic rings. The summed E-state index contributed by atoms with van der Waals surface area (Å²) in [5.41, 5.74) is 0.0726. The monoisotopic (exact) mass is 572 g/mol. The fraction of sp³-hybridized carbons (Fsp3) is 0.697. The van der Waals surface area contributed by atoms with Gasteiger partial charge in [-0.15, -0.1) is 0 Å². The number of carbonyl (C=O) groups excluding carboxylic acids is 4. The van der Waals surface area contributed by atoms with E-state index in [1.54, 1.807) is 23.9 Å². The molecular weight excluding hydrogens is 516 g/mol.